The average Bonchev–Trinajstić information content (AvgIpc) is 3.00. The van der Waals surface area contributed by atoms with Crippen molar-refractivity contribution >= 4 is 11.4 Å². The van der Waals surface area contributed by atoms with Crippen LogP contribution in [0.15, 0.2) is 54.3 Å². The molecule has 0 aliphatic carbocycles. The standard InChI is InChI=1S/C18H20F3N5O/c19-18(20,21)11-6-12(22)10-25(9-11)13-3-4-24-8-15(13)26-5-1-2-16-14(26)7-17(23)27-16/h1-5,7-8,11-12,17H,6,9-10,22-23H2. The maximum absolute atomic E-state index is 13.3. The van der Waals surface area contributed by atoms with Crippen molar-refractivity contribution in [3.8, 4) is 0 Å². The fourth-order valence-corrected chi connectivity index (χ4v) is 3.71. The van der Waals surface area contributed by atoms with Gasteiger partial charge in [-0.2, -0.15) is 13.2 Å². The van der Waals surface area contributed by atoms with Crippen molar-refractivity contribution < 1.29 is 17.9 Å². The highest BCUT2D eigenvalue weighted by atomic mass is 19.4. The van der Waals surface area contributed by atoms with Gasteiger partial charge in [0.1, 0.15) is 5.76 Å². The van der Waals surface area contributed by atoms with E-state index in [0.717, 1.165) is 5.70 Å². The van der Waals surface area contributed by atoms with Crippen LogP contribution in [0.5, 0.6) is 0 Å². The predicted octanol–water partition coefficient (Wildman–Crippen LogP) is 2.21. The second-order valence-corrected chi connectivity index (χ2v) is 6.88. The summed E-state index contributed by atoms with van der Waals surface area (Å²) in [4.78, 5) is 7.67. The van der Waals surface area contributed by atoms with Crippen molar-refractivity contribution in [3.05, 3.63) is 54.3 Å². The van der Waals surface area contributed by atoms with Crippen LogP contribution in [0, 0.1) is 5.92 Å². The normalized spacial score (nSPS) is 27.8. The van der Waals surface area contributed by atoms with E-state index in [9.17, 15) is 13.2 Å². The van der Waals surface area contributed by atoms with Crippen molar-refractivity contribution in [1.82, 2.24) is 4.98 Å². The number of alkyl halides is 3. The van der Waals surface area contributed by atoms with Gasteiger partial charge >= 0.3 is 6.18 Å². The molecule has 0 aromatic carbocycles. The first kappa shape index (κ1) is 17.9. The summed E-state index contributed by atoms with van der Waals surface area (Å²) in [7, 11) is 0. The quantitative estimate of drug-likeness (QED) is 0.820. The Balaban J connectivity index is 1.69. The Morgan fingerprint density at radius 3 is 2.78 bits per heavy atom. The summed E-state index contributed by atoms with van der Waals surface area (Å²) >= 11 is 0. The number of aromatic nitrogens is 1. The van der Waals surface area contributed by atoms with Crippen LogP contribution in [0.3, 0.4) is 0 Å². The van der Waals surface area contributed by atoms with E-state index in [1.807, 2.05) is 11.1 Å². The highest BCUT2D eigenvalue weighted by Crippen LogP contribution is 2.40. The molecule has 3 atom stereocenters. The first-order valence-electron chi connectivity index (χ1n) is 8.66. The number of nitrogens with two attached hydrogens (primary N) is 2. The smallest absolute Gasteiger partial charge is 0.393 e. The number of pyridine rings is 1. The van der Waals surface area contributed by atoms with E-state index in [1.165, 1.54) is 0 Å². The van der Waals surface area contributed by atoms with Crippen LogP contribution in [-0.4, -0.2) is 36.5 Å². The molecule has 6 nitrogen and oxygen atoms in total. The van der Waals surface area contributed by atoms with E-state index in [-0.39, 0.29) is 13.0 Å². The molecule has 1 aromatic rings. The molecule has 1 fully saturated rings. The molecule has 3 aliphatic rings. The molecule has 1 aromatic heterocycles. The fourth-order valence-electron chi connectivity index (χ4n) is 3.71. The van der Waals surface area contributed by atoms with Gasteiger partial charge in [-0.15, -0.1) is 0 Å². The maximum atomic E-state index is 13.3. The molecular weight excluding hydrogens is 359 g/mol. The van der Waals surface area contributed by atoms with Crippen molar-refractivity contribution in [1.29, 1.82) is 0 Å². The van der Waals surface area contributed by atoms with Crippen LogP contribution in [0.25, 0.3) is 0 Å². The summed E-state index contributed by atoms with van der Waals surface area (Å²) in [5.74, 6) is -0.847. The largest absolute Gasteiger partial charge is 0.470 e. The van der Waals surface area contributed by atoms with Gasteiger partial charge in [0.15, 0.2) is 6.23 Å². The first-order valence-corrected chi connectivity index (χ1v) is 8.66. The van der Waals surface area contributed by atoms with Crippen molar-refractivity contribution in [2.45, 2.75) is 24.9 Å². The van der Waals surface area contributed by atoms with E-state index >= 15 is 0 Å². The van der Waals surface area contributed by atoms with Crippen molar-refractivity contribution in [2.75, 3.05) is 22.9 Å². The van der Waals surface area contributed by atoms with Gasteiger partial charge < -0.3 is 20.3 Å². The third kappa shape index (κ3) is 3.40. The number of hydrogen-bond donors (Lipinski definition) is 2. The lowest BCUT2D eigenvalue weighted by atomic mass is 9.93. The number of piperidine rings is 1. The minimum absolute atomic E-state index is 0.0647. The Morgan fingerprint density at radius 1 is 1.19 bits per heavy atom. The number of fused-ring (bicyclic) bond motifs is 1. The van der Waals surface area contributed by atoms with Crippen LogP contribution in [-0.2, 0) is 4.74 Å². The van der Waals surface area contributed by atoms with E-state index in [0.29, 0.717) is 23.7 Å². The van der Waals surface area contributed by atoms with Gasteiger partial charge in [0.2, 0.25) is 0 Å². The van der Waals surface area contributed by atoms with E-state index < -0.39 is 24.4 Å². The molecule has 1 saturated heterocycles. The number of nitrogens with zero attached hydrogens (tertiary/aromatic N) is 3. The lowest BCUT2D eigenvalue weighted by molar-refractivity contribution is -0.177. The average molecular weight is 379 g/mol. The van der Waals surface area contributed by atoms with Gasteiger partial charge in [0.05, 0.1) is 29.2 Å². The van der Waals surface area contributed by atoms with Gasteiger partial charge in [-0.25, -0.2) is 0 Å². The number of hydrogen-bond acceptors (Lipinski definition) is 6. The summed E-state index contributed by atoms with van der Waals surface area (Å²) in [6.07, 6.45) is 5.43. The van der Waals surface area contributed by atoms with E-state index in [1.54, 1.807) is 41.6 Å². The number of halogens is 3. The number of rotatable bonds is 2. The Morgan fingerprint density at radius 2 is 2.00 bits per heavy atom. The number of allylic oxidation sites excluding steroid dienone is 2. The van der Waals surface area contributed by atoms with Crippen molar-refractivity contribution in [2.24, 2.45) is 17.4 Å². The maximum Gasteiger partial charge on any atom is 0.393 e. The molecule has 9 heteroatoms. The molecule has 27 heavy (non-hydrogen) atoms. The lowest BCUT2D eigenvalue weighted by Gasteiger charge is -2.40. The zero-order valence-corrected chi connectivity index (χ0v) is 14.4. The SMILES string of the molecule is NC1CC(C(F)(F)F)CN(c2ccncc2N2C=CC=C3OC(N)C=C32)C1. The van der Waals surface area contributed by atoms with Crippen LogP contribution in [0.4, 0.5) is 24.5 Å². The van der Waals surface area contributed by atoms with Gasteiger partial charge in [-0.05, 0) is 30.7 Å². The zero-order chi connectivity index (χ0) is 19.2. The zero-order valence-electron chi connectivity index (χ0n) is 14.4. The first-order chi connectivity index (χ1) is 12.8. The summed E-state index contributed by atoms with van der Waals surface area (Å²) in [6.45, 7) is 0.211. The molecule has 0 saturated carbocycles. The van der Waals surface area contributed by atoms with Crippen LogP contribution in [0.2, 0.25) is 0 Å². The molecule has 0 amide bonds. The second kappa shape index (κ2) is 6.58. The minimum atomic E-state index is -4.28. The summed E-state index contributed by atoms with van der Waals surface area (Å²) in [6, 6.07) is 1.16. The Labute approximate surface area is 154 Å². The Hall–Kier alpha value is -2.52. The molecule has 0 spiro atoms. The third-order valence-electron chi connectivity index (χ3n) is 4.90. The minimum Gasteiger partial charge on any atom is -0.470 e. The van der Waals surface area contributed by atoms with Gasteiger partial charge in [0.25, 0.3) is 0 Å². The number of ether oxygens (including phenoxy) is 1. The molecule has 0 radical (unpaired) electrons. The Bertz CT molecular complexity index is 819. The van der Waals surface area contributed by atoms with Gasteiger partial charge in [-0.3, -0.25) is 10.7 Å². The molecule has 4 N–H and O–H groups in total. The lowest BCUT2D eigenvalue weighted by Crippen LogP contribution is -2.51. The molecule has 3 unspecified atom stereocenters. The predicted molar refractivity (Wildman–Crippen MR) is 95.4 cm³/mol. The van der Waals surface area contributed by atoms with Crippen LogP contribution in [0.1, 0.15) is 6.42 Å². The molecule has 0 bridgehead atoms. The Kier molecular flexibility index (Phi) is 4.35. The van der Waals surface area contributed by atoms with E-state index in [4.69, 9.17) is 16.2 Å². The number of anilines is 2. The highest BCUT2D eigenvalue weighted by Gasteiger charge is 2.44. The highest BCUT2D eigenvalue weighted by molar-refractivity contribution is 5.76. The summed E-state index contributed by atoms with van der Waals surface area (Å²) < 4.78 is 45.5. The topological polar surface area (TPSA) is 80.6 Å². The molecule has 4 rings (SSSR count). The van der Waals surface area contributed by atoms with Gasteiger partial charge in [-0.1, -0.05) is 0 Å². The molecule has 144 valence electrons. The van der Waals surface area contributed by atoms with E-state index in [2.05, 4.69) is 4.98 Å². The van der Waals surface area contributed by atoms with Crippen LogP contribution < -0.4 is 21.3 Å². The monoisotopic (exact) mass is 379 g/mol. The van der Waals surface area contributed by atoms with Gasteiger partial charge in [0, 0.05) is 31.5 Å². The van der Waals surface area contributed by atoms with Crippen molar-refractivity contribution in [3.63, 3.8) is 0 Å². The molecule has 4 heterocycles. The third-order valence-corrected chi connectivity index (χ3v) is 4.90. The fraction of sp³-hybridized carbons (Fsp3) is 0.389. The summed E-state index contributed by atoms with van der Waals surface area (Å²) in [5.41, 5.74) is 13.8. The molecular formula is C18H20F3N5O. The summed E-state index contributed by atoms with van der Waals surface area (Å²) in [5, 5.41) is 0. The molecule has 3 aliphatic heterocycles. The second-order valence-electron chi connectivity index (χ2n) is 6.88. The van der Waals surface area contributed by atoms with Crippen LogP contribution >= 0.6 is 0 Å².